The number of nitrogens with one attached hydrogen (secondary N) is 1. The van der Waals surface area contributed by atoms with Gasteiger partial charge in [-0.1, -0.05) is 20.8 Å². The maximum absolute atomic E-state index is 5.32. The molecule has 0 aliphatic rings. The summed E-state index contributed by atoms with van der Waals surface area (Å²) in [5.41, 5.74) is 0.191. The van der Waals surface area contributed by atoms with Crippen LogP contribution in [-0.4, -0.2) is 22.6 Å². The number of aromatic nitrogens is 2. The average molecular weight is 223 g/mol. The number of nitrogens with zero attached hydrogens (tertiary/aromatic N) is 2. The van der Waals surface area contributed by atoms with Crippen LogP contribution in [0, 0.1) is 5.41 Å². The number of hydrogen-bond donors (Lipinski definition) is 1. The number of hydrogen-bond acceptors (Lipinski definition) is 4. The third-order valence-electron chi connectivity index (χ3n) is 2.60. The molecule has 1 aromatic rings. The summed E-state index contributed by atoms with van der Waals surface area (Å²) in [4.78, 5) is 8.20. The lowest BCUT2D eigenvalue weighted by molar-refractivity contribution is 0.325. The molecule has 0 amide bonds. The summed E-state index contributed by atoms with van der Waals surface area (Å²) < 4.78 is 5.32. The molecule has 4 heteroatoms. The molecule has 0 spiro atoms. The van der Waals surface area contributed by atoms with Gasteiger partial charge in [0, 0.05) is 12.1 Å². The van der Waals surface area contributed by atoms with E-state index in [1.54, 1.807) is 0 Å². The molecule has 0 aliphatic carbocycles. The van der Waals surface area contributed by atoms with Gasteiger partial charge in [-0.15, -0.1) is 0 Å². The highest BCUT2D eigenvalue weighted by Gasteiger charge is 2.20. The molecule has 1 rings (SSSR count). The fourth-order valence-electron chi connectivity index (χ4n) is 1.08. The molecule has 0 bridgehead atoms. The highest BCUT2D eigenvalue weighted by atomic mass is 16.5. The third kappa shape index (κ3) is 3.68. The summed E-state index contributed by atoms with van der Waals surface area (Å²) in [6.45, 7) is 11.3. The van der Waals surface area contributed by atoms with E-state index >= 15 is 0 Å². The summed E-state index contributed by atoms with van der Waals surface area (Å²) in [5.74, 6) is 1.42. The molecule has 0 aromatic carbocycles. The fraction of sp³-hybridized carbons (Fsp3) is 0.667. The van der Waals surface area contributed by atoms with E-state index in [0.717, 1.165) is 5.82 Å². The topological polar surface area (TPSA) is 47.0 Å². The van der Waals surface area contributed by atoms with Gasteiger partial charge in [-0.2, -0.15) is 0 Å². The van der Waals surface area contributed by atoms with E-state index in [4.69, 9.17) is 4.74 Å². The van der Waals surface area contributed by atoms with Gasteiger partial charge in [-0.25, -0.2) is 9.97 Å². The number of ether oxygens (including phenoxy) is 1. The molecule has 16 heavy (non-hydrogen) atoms. The molecule has 0 saturated carbocycles. The minimum Gasteiger partial charge on any atom is -0.478 e. The normalized spacial score (nSPS) is 13.3. The van der Waals surface area contributed by atoms with E-state index in [2.05, 4.69) is 43.0 Å². The predicted molar refractivity (Wildman–Crippen MR) is 65.7 cm³/mol. The van der Waals surface area contributed by atoms with Crippen LogP contribution in [0.15, 0.2) is 12.4 Å². The lowest BCUT2D eigenvalue weighted by Gasteiger charge is -2.28. The molecular formula is C12H21N3O. The highest BCUT2D eigenvalue weighted by molar-refractivity contribution is 5.38. The Morgan fingerprint density at radius 2 is 2.06 bits per heavy atom. The van der Waals surface area contributed by atoms with Crippen molar-refractivity contribution in [2.45, 2.75) is 40.7 Å². The molecular weight excluding hydrogens is 202 g/mol. The molecule has 1 heterocycles. The second-order valence-electron chi connectivity index (χ2n) is 4.91. The largest absolute Gasteiger partial charge is 0.478 e. The summed E-state index contributed by atoms with van der Waals surface area (Å²) in [6.07, 6.45) is 1.52. The minimum absolute atomic E-state index is 0.191. The first-order valence-corrected chi connectivity index (χ1v) is 5.65. The molecule has 0 fully saturated rings. The van der Waals surface area contributed by atoms with Gasteiger partial charge in [0.1, 0.15) is 12.1 Å². The van der Waals surface area contributed by atoms with Gasteiger partial charge in [0.05, 0.1) is 6.61 Å². The summed E-state index contributed by atoms with van der Waals surface area (Å²) in [5, 5.41) is 3.35. The van der Waals surface area contributed by atoms with Gasteiger partial charge in [0.25, 0.3) is 0 Å². The van der Waals surface area contributed by atoms with Gasteiger partial charge >= 0.3 is 0 Å². The van der Waals surface area contributed by atoms with Gasteiger partial charge in [-0.3, -0.25) is 0 Å². The van der Waals surface area contributed by atoms with Gasteiger partial charge in [0.2, 0.25) is 5.88 Å². The lowest BCUT2D eigenvalue weighted by atomic mass is 9.88. The summed E-state index contributed by atoms with van der Waals surface area (Å²) in [7, 11) is 0. The Balaban J connectivity index is 2.70. The Hall–Kier alpha value is -1.32. The van der Waals surface area contributed by atoms with Gasteiger partial charge in [0.15, 0.2) is 0 Å². The highest BCUT2D eigenvalue weighted by Crippen LogP contribution is 2.22. The minimum atomic E-state index is 0.191. The second kappa shape index (κ2) is 5.14. The van der Waals surface area contributed by atoms with Crippen LogP contribution in [0.3, 0.4) is 0 Å². The fourth-order valence-corrected chi connectivity index (χ4v) is 1.08. The molecule has 1 N–H and O–H groups in total. The first kappa shape index (κ1) is 12.7. The van der Waals surface area contributed by atoms with Crippen LogP contribution in [0.25, 0.3) is 0 Å². The summed E-state index contributed by atoms with van der Waals surface area (Å²) in [6, 6.07) is 2.16. The van der Waals surface area contributed by atoms with Crippen molar-refractivity contribution in [2.24, 2.45) is 5.41 Å². The molecule has 0 saturated heterocycles. The van der Waals surface area contributed by atoms with E-state index in [-0.39, 0.29) is 5.41 Å². The van der Waals surface area contributed by atoms with Crippen LogP contribution >= 0.6 is 0 Å². The van der Waals surface area contributed by atoms with Gasteiger partial charge < -0.3 is 10.1 Å². The Kier molecular flexibility index (Phi) is 4.10. The zero-order valence-electron chi connectivity index (χ0n) is 10.7. The van der Waals surface area contributed by atoms with Crippen LogP contribution in [0.5, 0.6) is 5.88 Å². The van der Waals surface area contributed by atoms with Crippen LogP contribution in [-0.2, 0) is 0 Å². The number of anilines is 1. The van der Waals surface area contributed by atoms with E-state index in [1.165, 1.54) is 6.33 Å². The SMILES string of the molecule is CCOc1cc(NC(C)C(C)(C)C)ncn1. The Morgan fingerprint density at radius 1 is 1.38 bits per heavy atom. The monoisotopic (exact) mass is 223 g/mol. The standard InChI is InChI=1S/C12H21N3O/c1-6-16-11-7-10(13-8-14-11)15-9(2)12(3,4)5/h7-9H,6H2,1-5H3,(H,13,14,15). The lowest BCUT2D eigenvalue weighted by Crippen LogP contribution is -2.31. The van der Waals surface area contributed by atoms with Crippen molar-refractivity contribution in [3.05, 3.63) is 12.4 Å². The predicted octanol–water partition coefficient (Wildman–Crippen LogP) is 2.72. The zero-order valence-corrected chi connectivity index (χ0v) is 10.7. The van der Waals surface area contributed by atoms with Crippen molar-refractivity contribution in [3.63, 3.8) is 0 Å². The van der Waals surface area contributed by atoms with E-state index < -0.39 is 0 Å². The number of rotatable bonds is 4. The molecule has 0 radical (unpaired) electrons. The maximum atomic E-state index is 5.32. The second-order valence-corrected chi connectivity index (χ2v) is 4.91. The van der Waals surface area contributed by atoms with E-state index in [9.17, 15) is 0 Å². The summed E-state index contributed by atoms with van der Waals surface area (Å²) >= 11 is 0. The maximum Gasteiger partial charge on any atom is 0.218 e. The quantitative estimate of drug-likeness (QED) is 0.852. The Labute approximate surface area is 97.5 Å². The van der Waals surface area contributed by atoms with Crippen molar-refractivity contribution in [3.8, 4) is 5.88 Å². The smallest absolute Gasteiger partial charge is 0.218 e. The Morgan fingerprint density at radius 3 is 2.62 bits per heavy atom. The first-order chi connectivity index (χ1) is 7.43. The molecule has 0 aliphatic heterocycles. The van der Waals surface area contributed by atoms with Crippen LogP contribution in [0.1, 0.15) is 34.6 Å². The first-order valence-electron chi connectivity index (χ1n) is 5.65. The zero-order chi connectivity index (χ0) is 12.2. The Bertz CT molecular complexity index is 333. The third-order valence-corrected chi connectivity index (χ3v) is 2.60. The van der Waals surface area contributed by atoms with Crippen molar-refractivity contribution in [2.75, 3.05) is 11.9 Å². The molecule has 4 nitrogen and oxygen atoms in total. The van der Waals surface area contributed by atoms with E-state index in [1.807, 2.05) is 13.0 Å². The van der Waals surface area contributed by atoms with Crippen LogP contribution in [0.2, 0.25) is 0 Å². The molecule has 1 aromatic heterocycles. The van der Waals surface area contributed by atoms with Gasteiger partial charge in [-0.05, 0) is 19.3 Å². The average Bonchev–Trinajstić information content (AvgIpc) is 2.17. The van der Waals surface area contributed by atoms with Crippen molar-refractivity contribution in [1.82, 2.24) is 9.97 Å². The van der Waals surface area contributed by atoms with Crippen LogP contribution in [0.4, 0.5) is 5.82 Å². The molecule has 1 unspecified atom stereocenters. The van der Waals surface area contributed by atoms with Crippen molar-refractivity contribution < 1.29 is 4.74 Å². The van der Waals surface area contributed by atoms with Crippen molar-refractivity contribution in [1.29, 1.82) is 0 Å². The van der Waals surface area contributed by atoms with Crippen LogP contribution < -0.4 is 10.1 Å². The molecule has 90 valence electrons. The van der Waals surface area contributed by atoms with E-state index in [0.29, 0.717) is 18.5 Å². The molecule has 1 atom stereocenters. The van der Waals surface area contributed by atoms with Crippen molar-refractivity contribution >= 4 is 5.82 Å².